The van der Waals surface area contributed by atoms with Crippen molar-refractivity contribution in [2.24, 2.45) is 58.2 Å². The van der Waals surface area contributed by atoms with Crippen molar-refractivity contribution in [1.29, 1.82) is 0 Å². The Hall–Kier alpha value is 1.46. The van der Waals surface area contributed by atoms with Crippen LogP contribution in [0.4, 0.5) is 0 Å². The van der Waals surface area contributed by atoms with E-state index in [1.165, 1.54) is 77.0 Å². The Bertz CT molecular complexity index is 814. The molecule has 10 aliphatic carbocycles. The third kappa shape index (κ3) is 5.81. The molecule has 0 nitrogen and oxygen atoms in total. The van der Waals surface area contributed by atoms with Crippen LogP contribution >= 0.6 is 17.0 Å². The van der Waals surface area contributed by atoms with Gasteiger partial charge in [-0.3, -0.25) is 0 Å². The standard InChI is InChI=1S/2C19H27.2ClH.Zr/c2*1-12-17(10-14-11-18(12)19(14,2)3)16-9-8-13-6-4-5-7-15(13)16;;;/h2*8-9,12,14,17-18H,4-7,10-11H2,1-3H3;2*1H;/q;;;;+2/p-2/t12-,14+,17?,18+;12-,14+,17-,18+;;;/m11.../s1. The van der Waals surface area contributed by atoms with Crippen molar-refractivity contribution in [2.75, 3.05) is 0 Å². The molecule has 3 heteroatoms. The van der Waals surface area contributed by atoms with Gasteiger partial charge in [0.1, 0.15) is 0 Å². The number of fused-ring (bicyclic) bond motifs is 6. The summed E-state index contributed by atoms with van der Waals surface area (Å²) in [7, 11) is 9.87. The van der Waals surface area contributed by atoms with Crippen molar-refractivity contribution in [3.05, 3.63) is 61.2 Å². The third-order valence-corrected chi connectivity index (χ3v) is 14.2. The van der Waals surface area contributed by atoms with Crippen LogP contribution in [0.2, 0.25) is 0 Å². The fraction of sp³-hybridized carbons (Fsp3) is 0.737. The Morgan fingerprint density at radius 3 is 1.29 bits per heavy atom. The first-order valence-corrected chi connectivity index (χ1v) is 23.4. The van der Waals surface area contributed by atoms with Crippen LogP contribution in [-0.2, 0) is 20.8 Å². The normalized spacial score (nSPS) is 43.8. The van der Waals surface area contributed by atoms with Crippen molar-refractivity contribution in [1.82, 2.24) is 0 Å². The van der Waals surface area contributed by atoms with E-state index in [-0.39, 0.29) is 0 Å². The molecule has 0 amide bonds. The van der Waals surface area contributed by atoms with Crippen molar-refractivity contribution in [2.45, 2.75) is 119 Å². The van der Waals surface area contributed by atoms with Gasteiger partial charge >= 0.3 is 37.9 Å². The Morgan fingerprint density at radius 2 is 0.951 bits per heavy atom. The zero-order valence-electron chi connectivity index (χ0n) is 26.7. The Labute approximate surface area is 274 Å². The Kier molecular flexibility index (Phi) is 10.2. The molecule has 0 spiro atoms. The zero-order chi connectivity index (χ0) is 29.1. The van der Waals surface area contributed by atoms with Crippen molar-refractivity contribution < 1.29 is 20.8 Å². The first-order valence-electron chi connectivity index (χ1n) is 17.1. The summed E-state index contributed by atoms with van der Waals surface area (Å²) in [4.78, 5) is 0. The Morgan fingerprint density at radius 1 is 0.585 bits per heavy atom. The average Bonchev–Trinajstić information content (AvgIpc) is 3.58. The summed E-state index contributed by atoms with van der Waals surface area (Å²) in [5.74, 6) is 17.9. The first kappa shape index (κ1) is 32.4. The molecule has 1 unspecified atom stereocenters. The van der Waals surface area contributed by atoms with Gasteiger partial charge in [-0.1, -0.05) is 67.2 Å². The average molecular weight is 673 g/mol. The summed E-state index contributed by atoms with van der Waals surface area (Å²) in [5.41, 5.74) is 1.26. The van der Waals surface area contributed by atoms with Gasteiger partial charge < -0.3 is 0 Å². The zero-order valence-corrected chi connectivity index (χ0v) is 30.6. The summed E-state index contributed by atoms with van der Waals surface area (Å²) < 4.78 is 0. The third-order valence-electron chi connectivity index (χ3n) is 14.2. The van der Waals surface area contributed by atoms with Crippen LogP contribution in [-0.4, -0.2) is 0 Å². The van der Waals surface area contributed by atoms with Crippen molar-refractivity contribution >= 4 is 17.0 Å². The van der Waals surface area contributed by atoms with Crippen LogP contribution < -0.4 is 0 Å². The van der Waals surface area contributed by atoms with Crippen LogP contribution in [0.5, 0.6) is 0 Å². The first-order chi connectivity index (χ1) is 19.6. The summed E-state index contributed by atoms with van der Waals surface area (Å²) >= 11 is -0.826. The van der Waals surface area contributed by atoms with Gasteiger partial charge in [0.15, 0.2) is 0 Å². The van der Waals surface area contributed by atoms with E-state index in [0.717, 1.165) is 47.3 Å². The molecular weight excluding hydrogens is 619 g/mol. The maximum atomic E-state index is 4.93. The molecule has 10 radical (unpaired) electrons. The van der Waals surface area contributed by atoms with Crippen molar-refractivity contribution in [3.8, 4) is 0 Å². The van der Waals surface area contributed by atoms with Crippen LogP contribution in [0.25, 0.3) is 0 Å². The summed E-state index contributed by atoms with van der Waals surface area (Å²) in [6, 6.07) is 0. The molecule has 10 rings (SSSR count). The molecule has 0 aromatic rings. The molecule has 0 heterocycles. The van der Waals surface area contributed by atoms with Gasteiger partial charge in [0.2, 0.25) is 0 Å². The molecule has 41 heavy (non-hydrogen) atoms. The Balaban J connectivity index is 0.000000135. The van der Waals surface area contributed by atoms with E-state index in [1.54, 1.807) is 35.5 Å². The molecule has 10 fully saturated rings. The van der Waals surface area contributed by atoms with Gasteiger partial charge in [-0.25, -0.2) is 0 Å². The van der Waals surface area contributed by atoms with E-state index in [4.69, 9.17) is 17.0 Å². The molecule has 4 bridgehead atoms. The molecule has 0 saturated heterocycles. The minimum absolute atomic E-state index is 0.628. The topological polar surface area (TPSA) is 0 Å². The second-order valence-corrected chi connectivity index (χ2v) is 19.9. The summed E-state index contributed by atoms with van der Waals surface area (Å²) in [6.45, 7) is 15.1. The van der Waals surface area contributed by atoms with Crippen LogP contribution in [0.15, 0.2) is 0 Å². The number of rotatable bonds is 2. The SMILES string of the molecule is C[C@@H]1C([C]2[CH][CH][C]3CCCC[C]32)C[C@H]2C[C@@H]1C2(C)C.C[C@@H]1[C@H]([C]2[CH][CH][C]3CCCC[C]32)C[C@H]2C[C@@H]1C2(C)C.[Cl][Zr][Cl]. The van der Waals surface area contributed by atoms with Gasteiger partial charge in [0.25, 0.3) is 0 Å². The number of hydrogen-bond donors (Lipinski definition) is 0. The monoisotopic (exact) mass is 670 g/mol. The molecule has 10 aliphatic rings. The predicted molar refractivity (Wildman–Crippen MR) is 171 cm³/mol. The molecule has 8 atom stereocenters. The van der Waals surface area contributed by atoms with E-state index in [1.807, 2.05) is 0 Å². The molecule has 0 N–H and O–H groups in total. The summed E-state index contributed by atoms with van der Waals surface area (Å²) in [6.07, 6.45) is 26.9. The fourth-order valence-corrected chi connectivity index (χ4v) is 11.3. The van der Waals surface area contributed by atoms with Crippen LogP contribution in [0.3, 0.4) is 0 Å². The molecular formula is C38H54Cl2Zr. The quantitative estimate of drug-likeness (QED) is 0.274. The van der Waals surface area contributed by atoms with E-state index in [9.17, 15) is 0 Å². The van der Waals surface area contributed by atoms with E-state index < -0.39 is 20.8 Å². The van der Waals surface area contributed by atoms with E-state index in [2.05, 4.69) is 67.2 Å². The van der Waals surface area contributed by atoms with Gasteiger partial charge in [0, 0.05) is 0 Å². The molecule has 0 aromatic heterocycles. The maximum absolute atomic E-state index is 4.93. The molecule has 0 aliphatic heterocycles. The summed E-state index contributed by atoms with van der Waals surface area (Å²) in [5, 5.41) is 0. The second-order valence-electron chi connectivity index (χ2n) is 16.2. The van der Waals surface area contributed by atoms with E-state index in [0.29, 0.717) is 10.8 Å². The molecule has 0 aromatic carbocycles. The number of halogens is 2. The van der Waals surface area contributed by atoms with Crippen molar-refractivity contribution in [3.63, 3.8) is 0 Å². The van der Waals surface area contributed by atoms with E-state index >= 15 is 0 Å². The predicted octanol–water partition coefficient (Wildman–Crippen LogP) is 11.4. The fourth-order valence-electron chi connectivity index (χ4n) is 11.3. The molecule has 224 valence electrons. The van der Waals surface area contributed by atoms with Crippen LogP contribution in [0, 0.1) is 119 Å². The van der Waals surface area contributed by atoms with Gasteiger partial charge in [-0.05, 0) is 171 Å². The molecule has 10 saturated carbocycles. The van der Waals surface area contributed by atoms with Gasteiger partial charge in [-0.2, -0.15) is 0 Å². The minimum atomic E-state index is -0.826. The second kappa shape index (κ2) is 12.9. The van der Waals surface area contributed by atoms with Crippen LogP contribution in [0.1, 0.15) is 119 Å². The number of hydrogen-bond acceptors (Lipinski definition) is 0. The van der Waals surface area contributed by atoms with Gasteiger partial charge in [0.05, 0.1) is 0 Å². The van der Waals surface area contributed by atoms with Gasteiger partial charge in [-0.15, -0.1) is 0 Å².